The van der Waals surface area contributed by atoms with Crippen LogP contribution in [0, 0.1) is 0 Å². The highest BCUT2D eigenvalue weighted by Crippen LogP contribution is 2.20. The van der Waals surface area contributed by atoms with Gasteiger partial charge < -0.3 is 0 Å². The molecule has 2 aromatic rings. The van der Waals surface area contributed by atoms with Crippen LogP contribution in [0.2, 0.25) is 0 Å². The van der Waals surface area contributed by atoms with E-state index in [1.165, 1.54) is 11.5 Å². The van der Waals surface area contributed by atoms with E-state index in [-0.39, 0.29) is 5.82 Å². The van der Waals surface area contributed by atoms with Crippen LogP contribution in [0.5, 0.6) is 0 Å². The minimum absolute atomic E-state index is 0.126. The number of alkyl halides is 1. The molecule has 0 fully saturated rings. The number of hydrogen-bond acceptors (Lipinski definition) is 2. The van der Waals surface area contributed by atoms with Gasteiger partial charge in [0.05, 0.1) is 11.0 Å². The largest absolute Gasteiger partial charge is 0.294 e. The quantitative estimate of drug-likeness (QED) is 0.684. The molecule has 1 aromatic heterocycles. The van der Waals surface area contributed by atoms with Gasteiger partial charge in [0.25, 0.3) is 0 Å². The normalized spacial score (nSPS) is 13.0. The van der Waals surface area contributed by atoms with Crippen molar-refractivity contribution in [2.24, 2.45) is 0 Å². The van der Waals surface area contributed by atoms with Crippen molar-refractivity contribution in [2.45, 2.75) is 13.2 Å². The van der Waals surface area contributed by atoms with Crippen molar-refractivity contribution in [1.82, 2.24) is 9.55 Å². The van der Waals surface area contributed by atoms with Crippen LogP contribution < -0.4 is 0 Å². The Morgan fingerprint density at radius 1 is 1.50 bits per heavy atom. The Balaban J connectivity index is 2.80. The molecule has 1 aromatic carbocycles. The number of aromatic nitrogens is 2. The zero-order valence-corrected chi connectivity index (χ0v) is 7.64. The average molecular weight is 192 g/mol. The van der Waals surface area contributed by atoms with Gasteiger partial charge in [-0.15, -0.1) is 0 Å². The van der Waals surface area contributed by atoms with E-state index >= 15 is 0 Å². The maximum absolute atomic E-state index is 13.2. The predicted octanol–water partition coefficient (Wildman–Crippen LogP) is 2.34. The Hall–Kier alpha value is -1.71. The Morgan fingerprint density at radius 3 is 2.86 bits per heavy atom. The first-order valence-corrected chi connectivity index (χ1v) is 4.30. The lowest BCUT2D eigenvalue weighted by molar-refractivity contribution is 0.110. The zero-order chi connectivity index (χ0) is 10.1. The van der Waals surface area contributed by atoms with Crippen LogP contribution in [0.3, 0.4) is 0 Å². The molecular formula is C10H9FN2O. The number of aldehydes is 1. The molecule has 0 saturated heterocycles. The highest BCUT2D eigenvalue weighted by atomic mass is 19.1. The molecule has 0 bridgehead atoms. The topological polar surface area (TPSA) is 34.9 Å². The summed E-state index contributed by atoms with van der Waals surface area (Å²) in [6.07, 6.45) is -0.682. The predicted molar refractivity (Wildman–Crippen MR) is 50.9 cm³/mol. The highest BCUT2D eigenvalue weighted by molar-refractivity contribution is 5.83. The molecule has 4 heteroatoms. The first-order valence-electron chi connectivity index (χ1n) is 4.30. The van der Waals surface area contributed by atoms with Gasteiger partial charge in [-0.25, -0.2) is 9.37 Å². The van der Waals surface area contributed by atoms with Crippen LogP contribution in [0.15, 0.2) is 24.3 Å². The number of halogens is 1. The summed E-state index contributed by atoms with van der Waals surface area (Å²) in [5.74, 6) is 0.126. The summed E-state index contributed by atoms with van der Waals surface area (Å²) in [7, 11) is 0. The van der Waals surface area contributed by atoms with E-state index in [1.807, 2.05) is 0 Å². The van der Waals surface area contributed by atoms with Gasteiger partial charge in [0.2, 0.25) is 0 Å². The first kappa shape index (κ1) is 8.87. The van der Waals surface area contributed by atoms with Crippen molar-refractivity contribution in [3.8, 4) is 0 Å². The molecule has 0 spiro atoms. The van der Waals surface area contributed by atoms with Crippen molar-refractivity contribution in [3.63, 3.8) is 0 Å². The summed E-state index contributed by atoms with van der Waals surface area (Å²) in [5, 5.41) is 0. The summed E-state index contributed by atoms with van der Waals surface area (Å²) >= 11 is 0. The number of carbonyl (C=O) groups is 1. The second-order valence-corrected chi connectivity index (χ2v) is 3.02. The number of benzene rings is 1. The van der Waals surface area contributed by atoms with Crippen molar-refractivity contribution < 1.29 is 9.18 Å². The van der Waals surface area contributed by atoms with E-state index in [0.29, 0.717) is 17.3 Å². The standard InChI is InChI=1S/C10H9FN2O/c1-7(11)13-9-5-3-2-4-8(9)12-10(13)6-14/h2-7H,1H3. The van der Waals surface area contributed by atoms with Gasteiger partial charge in [0.1, 0.15) is 0 Å². The average Bonchev–Trinajstić information content (AvgIpc) is 2.55. The molecule has 0 saturated carbocycles. The molecule has 0 aliphatic rings. The Bertz CT molecular complexity index is 476. The summed E-state index contributed by atoms with van der Waals surface area (Å²) in [6, 6.07) is 7.08. The molecule has 2 rings (SSSR count). The van der Waals surface area contributed by atoms with Crippen LogP contribution in [0.25, 0.3) is 11.0 Å². The molecule has 0 amide bonds. The molecule has 14 heavy (non-hydrogen) atoms. The fraction of sp³-hybridized carbons (Fsp3) is 0.200. The Kier molecular flexibility index (Phi) is 2.04. The van der Waals surface area contributed by atoms with E-state index in [2.05, 4.69) is 4.98 Å². The van der Waals surface area contributed by atoms with Gasteiger partial charge in [-0.3, -0.25) is 9.36 Å². The maximum Gasteiger partial charge on any atom is 0.185 e. The van der Waals surface area contributed by atoms with Crippen molar-refractivity contribution in [1.29, 1.82) is 0 Å². The van der Waals surface area contributed by atoms with Crippen LogP contribution in [-0.4, -0.2) is 15.8 Å². The third-order valence-corrected chi connectivity index (χ3v) is 2.08. The Morgan fingerprint density at radius 2 is 2.21 bits per heavy atom. The van der Waals surface area contributed by atoms with Crippen LogP contribution in [0.1, 0.15) is 23.8 Å². The first-order chi connectivity index (χ1) is 6.74. The molecule has 72 valence electrons. The smallest absolute Gasteiger partial charge is 0.185 e. The number of fused-ring (bicyclic) bond motifs is 1. The third-order valence-electron chi connectivity index (χ3n) is 2.08. The second kappa shape index (κ2) is 3.21. The molecule has 0 N–H and O–H groups in total. The van der Waals surface area contributed by atoms with Gasteiger partial charge in [0.15, 0.2) is 18.4 Å². The summed E-state index contributed by atoms with van der Waals surface area (Å²) in [6.45, 7) is 1.38. The van der Waals surface area contributed by atoms with Crippen LogP contribution in [-0.2, 0) is 0 Å². The van der Waals surface area contributed by atoms with Gasteiger partial charge >= 0.3 is 0 Å². The van der Waals surface area contributed by atoms with E-state index in [4.69, 9.17) is 0 Å². The van der Waals surface area contributed by atoms with E-state index in [9.17, 15) is 9.18 Å². The van der Waals surface area contributed by atoms with Gasteiger partial charge in [-0.2, -0.15) is 0 Å². The maximum atomic E-state index is 13.2. The zero-order valence-electron chi connectivity index (χ0n) is 7.64. The van der Waals surface area contributed by atoms with Crippen molar-refractivity contribution in [2.75, 3.05) is 0 Å². The molecular weight excluding hydrogens is 183 g/mol. The minimum atomic E-state index is -1.25. The molecule has 1 heterocycles. The minimum Gasteiger partial charge on any atom is -0.294 e. The Labute approximate surface area is 80.2 Å². The summed E-state index contributed by atoms with van der Waals surface area (Å²) in [4.78, 5) is 14.7. The number of para-hydroxylation sites is 2. The molecule has 0 aliphatic carbocycles. The number of carbonyl (C=O) groups excluding carboxylic acids is 1. The highest BCUT2D eigenvalue weighted by Gasteiger charge is 2.13. The number of rotatable bonds is 2. The molecule has 1 unspecified atom stereocenters. The fourth-order valence-electron chi connectivity index (χ4n) is 1.52. The molecule has 0 radical (unpaired) electrons. The number of nitrogens with zero attached hydrogens (tertiary/aromatic N) is 2. The van der Waals surface area contributed by atoms with E-state index in [0.717, 1.165) is 0 Å². The number of hydrogen-bond donors (Lipinski definition) is 0. The SMILES string of the molecule is CC(F)n1c(C=O)nc2ccccc21. The van der Waals surface area contributed by atoms with Crippen LogP contribution >= 0.6 is 0 Å². The molecule has 1 atom stereocenters. The fourth-order valence-corrected chi connectivity index (χ4v) is 1.52. The van der Waals surface area contributed by atoms with E-state index in [1.54, 1.807) is 24.3 Å². The lowest BCUT2D eigenvalue weighted by Crippen LogP contribution is -2.03. The van der Waals surface area contributed by atoms with Gasteiger partial charge in [-0.05, 0) is 19.1 Å². The monoisotopic (exact) mass is 192 g/mol. The summed E-state index contributed by atoms with van der Waals surface area (Å²) in [5.41, 5.74) is 1.28. The molecule has 0 aliphatic heterocycles. The molecule has 3 nitrogen and oxygen atoms in total. The van der Waals surface area contributed by atoms with Crippen molar-refractivity contribution in [3.05, 3.63) is 30.1 Å². The third kappa shape index (κ3) is 1.19. The van der Waals surface area contributed by atoms with E-state index < -0.39 is 6.30 Å². The second-order valence-electron chi connectivity index (χ2n) is 3.02. The lowest BCUT2D eigenvalue weighted by Gasteiger charge is -2.05. The number of imidazole rings is 1. The van der Waals surface area contributed by atoms with Gasteiger partial charge in [0, 0.05) is 0 Å². The van der Waals surface area contributed by atoms with Gasteiger partial charge in [-0.1, -0.05) is 12.1 Å². The lowest BCUT2D eigenvalue weighted by atomic mass is 10.3. The van der Waals surface area contributed by atoms with Crippen molar-refractivity contribution >= 4 is 17.3 Å². The summed E-state index contributed by atoms with van der Waals surface area (Å²) < 4.78 is 14.5. The van der Waals surface area contributed by atoms with Crippen LogP contribution in [0.4, 0.5) is 4.39 Å².